The van der Waals surface area contributed by atoms with Crippen LogP contribution in [0.1, 0.15) is 36.9 Å². The van der Waals surface area contributed by atoms with Gasteiger partial charge in [-0.3, -0.25) is 5.10 Å². The maximum absolute atomic E-state index is 14.8. The largest absolute Gasteiger partial charge is 0.364 e. The van der Waals surface area contributed by atoms with Crippen molar-refractivity contribution < 1.29 is 8.78 Å². The lowest BCUT2D eigenvalue weighted by Gasteiger charge is -2.48. The van der Waals surface area contributed by atoms with Gasteiger partial charge in [-0.25, -0.2) is 18.7 Å². The summed E-state index contributed by atoms with van der Waals surface area (Å²) in [6.07, 6.45) is 7.89. The Hall–Kier alpha value is -3.85. The van der Waals surface area contributed by atoms with E-state index in [0.29, 0.717) is 17.1 Å². The van der Waals surface area contributed by atoms with E-state index in [0.717, 1.165) is 31.9 Å². The van der Waals surface area contributed by atoms with Gasteiger partial charge < -0.3 is 5.32 Å². The second-order valence-corrected chi connectivity index (χ2v) is 8.41. The fourth-order valence-corrected chi connectivity index (χ4v) is 5.08. The van der Waals surface area contributed by atoms with E-state index in [9.17, 15) is 19.3 Å². The standard InChI is InChI=1S/C24H23F2N7/c1-3-14(11-28)8-17-19(9-25)32-33-22(17)24-29-12-18(26)23(31-24)30-21-16-6-4-15(5-7-16)20(21)13(2)10-27/h3,8,12,15-16,20-21H,1-2,4-7,9H2,(H,32,33)(H,29,30,31)/b14-8+. The highest BCUT2D eigenvalue weighted by Crippen LogP contribution is 2.48. The first-order valence-electron chi connectivity index (χ1n) is 10.8. The zero-order chi connectivity index (χ0) is 23.5. The van der Waals surface area contributed by atoms with Gasteiger partial charge in [0.2, 0.25) is 0 Å². The van der Waals surface area contributed by atoms with Crippen molar-refractivity contribution in [3.8, 4) is 23.7 Å². The van der Waals surface area contributed by atoms with Crippen LogP contribution >= 0.6 is 0 Å². The van der Waals surface area contributed by atoms with Gasteiger partial charge in [-0.2, -0.15) is 15.6 Å². The first-order valence-corrected chi connectivity index (χ1v) is 10.8. The van der Waals surface area contributed by atoms with Crippen molar-refractivity contribution in [2.45, 2.75) is 38.4 Å². The zero-order valence-electron chi connectivity index (χ0n) is 18.0. The predicted octanol–water partition coefficient (Wildman–Crippen LogP) is 4.86. The van der Waals surface area contributed by atoms with Gasteiger partial charge in [0.1, 0.15) is 12.4 Å². The number of nitrogens with one attached hydrogen (secondary N) is 2. The SMILES string of the molecule is C=C/C(C#N)=C\c1c(-c2ncc(F)c(NC3C4CCC(CC4)C3C(=C)C#N)n2)n[nH]c1CF. The average molecular weight is 447 g/mol. The van der Waals surface area contributed by atoms with Crippen LogP contribution in [-0.2, 0) is 6.67 Å². The topological polar surface area (TPSA) is 114 Å². The lowest BCUT2D eigenvalue weighted by atomic mass is 9.60. The minimum Gasteiger partial charge on any atom is -0.364 e. The number of nitrogens with zero attached hydrogens (tertiary/aromatic N) is 5. The van der Waals surface area contributed by atoms with Crippen LogP contribution < -0.4 is 5.32 Å². The first-order chi connectivity index (χ1) is 16.0. The molecule has 0 aromatic carbocycles. The molecule has 3 aliphatic carbocycles. The summed E-state index contributed by atoms with van der Waals surface area (Å²) in [6, 6.07) is 3.98. The van der Waals surface area contributed by atoms with Crippen LogP contribution in [0.15, 0.2) is 36.6 Å². The minimum absolute atomic E-state index is 0.00255. The lowest BCUT2D eigenvalue weighted by Crippen LogP contribution is -2.49. The normalized spacial score (nSPS) is 24.1. The number of aromatic nitrogens is 4. The highest BCUT2D eigenvalue weighted by atomic mass is 19.1. The Balaban J connectivity index is 1.72. The van der Waals surface area contributed by atoms with Gasteiger partial charge in [-0.05, 0) is 43.6 Å². The molecule has 2 unspecified atom stereocenters. The molecule has 5 rings (SSSR count). The molecule has 9 heteroatoms. The van der Waals surface area contributed by atoms with Crippen LogP contribution in [0.3, 0.4) is 0 Å². The number of fused-ring (bicyclic) bond motifs is 3. The smallest absolute Gasteiger partial charge is 0.183 e. The molecular formula is C24H23F2N7. The molecule has 3 fully saturated rings. The van der Waals surface area contributed by atoms with Crippen molar-refractivity contribution in [3.63, 3.8) is 0 Å². The maximum Gasteiger partial charge on any atom is 0.183 e. The van der Waals surface area contributed by atoms with Crippen molar-refractivity contribution >= 4 is 11.9 Å². The predicted molar refractivity (Wildman–Crippen MR) is 119 cm³/mol. The van der Waals surface area contributed by atoms with Gasteiger partial charge in [0.25, 0.3) is 0 Å². The summed E-state index contributed by atoms with van der Waals surface area (Å²) in [5, 5.41) is 28.6. The van der Waals surface area contributed by atoms with E-state index in [1.807, 2.05) is 6.07 Å². The Morgan fingerprint density at radius 1 is 1.24 bits per heavy atom. The third kappa shape index (κ3) is 4.14. The summed E-state index contributed by atoms with van der Waals surface area (Å²) in [5.41, 5.74) is 1.36. The minimum atomic E-state index is -0.843. The third-order valence-electron chi connectivity index (χ3n) is 6.69. The van der Waals surface area contributed by atoms with E-state index in [2.05, 4.69) is 44.7 Å². The molecule has 0 radical (unpaired) electrons. The number of allylic oxidation sites excluding steroid dienone is 2. The van der Waals surface area contributed by atoms with E-state index in [4.69, 9.17) is 0 Å². The maximum atomic E-state index is 14.8. The van der Waals surface area contributed by atoms with Crippen LogP contribution in [0.5, 0.6) is 0 Å². The van der Waals surface area contributed by atoms with Gasteiger partial charge in [0.05, 0.1) is 29.6 Å². The Labute approximate surface area is 190 Å². The fourth-order valence-electron chi connectivity index (χ4n) is 5.08. The molecule has 0 spiro atoms. The monoisotopic (exact) mass is 447 g/mol. The summed E-state index contributed by atoms with van der Waals surface area (Å²) in [7, 11) is 0. The molecule has 2 aromatic rings. The van der Waals surface area contributed by atoms with Gasteiger partial charge in [-0.15, -0.1) is 0 Å². The number of halogens is 2. The highest BCUT2D eigenvalue weighted by molar-refractivity contribution is 5.73. The molecule has 2 bridgehead atoms. The highest BCUT2D eigenvalue weighted by Gasteiger charge is 2.45. The Morgan fingerprint density at radius 2 is 1.97 bits per heavy atom. The second kappa shape index (κ2) is 9.33. The van der Waals surface area contributed by atoms with Crippen molar-refractivity contribution in [1.29, 1.82) is 10.5 Å². The molecule has 2 heterocycles. The summed E-state index contributed by atoms with van der Waals surface area (Å²) in [6.45, 7) is 6.67. The molecule has 3 saturated carbocycles. The van der Waals surface area contributed by atoms with Gasteiger partial charge in [-0.1, -0.05) is 19.2 Å². The van der Waals surface area contributed by atoms with E-state index < -0.39 is 12.5 Å². The Kier molecular flexibility index (Phi) is 6.32. The van der Waals surface area contributed by atoms with Crippen molar-refractivity contribution in [2.75, 3.05) is 5.32 Å². The number of alkyl halides is 1. The molecule has 7 nitrogen and oxygen atoms in total. The summed E-state index contributed by atoms with van der Waals surface area (Å²) in [4.78, 5) is 8.40. The number of nitriles is 2. The molecular weight excluding hydrogens is 424 g/mol. The van der Waals surface area contributed by atoms with Gasteiger partial charge in [0.15, 0.2) is 17.5 Å². The summed E-state index contributed by atoms with van der Waals surface area (Å²) < 4.78 is 28.3. The number of hydrogen-bond acceptors (Lipinski definition) is 6. The third-order valence-corrected chi connectivity index (χ3v) is 6.69. The summed E-state index contributed by atoms with van der Waals surface area (Å²) >= 11 is 0. The van der Waals surface area contributed by atoms with E-state index in [1.54, 1.807) is 0 Å². The number of anilines is 1. The molecule has 33 heavy (non-hydrogen) atoms. The molecule has 0 amide bonds. The number of hydrogen-bond donors (Lipinski definition) is 2. The van der Waals surface area contributed by atoms with Crippen LogP contribution in [0.4, 0.5) is 14.6 Å². The molecule has 2 atom stereocenters. The van der Waals surface area contributed by atoms with Crippen molar-refractivity contribution in [1.82, 2.24) is 20.2 Å². The van der Waals surface area contributed by atoms with Crippen LogP contribution in [-0.4, -0.2) is 26.2 Å². The summed E-state index contributed by atoms with van der Waals surface area (Å²) in [5.74, 6) is -0.00803. The number of H-pyrrole nitrogens is 1. The molecule has 168 valence electrons. The number of rotatable bonds is 7. The average Bonchev–Trinajstić information content (AvgIpc) is 3.26. The molecule has 2 aromatic heterocycles. The van der Waals surface area contributed by atoms with Gasteiger partial charge in [0, 0.05) is 23.1 Å². The fraction of sp³-hybridized carbons (Fsp3) is 0.375. The van der Waals surface area contributed by atoms with Crippen LogP contribution in [0.2, 0.25) is 0 Å². The van der Waals surface area contributed by atoms with Crippen molar-refractivity contribution in [3.05, 3.63) is 53.7 Å². The Bertz CT molecular complexity index is 1190. The Morgan fingerprint density at radius 3 is 2.61 bits per heavy atom. The lowest BCUT2D eigenvalue weighted by molar-refractivity contribution is 0.105. The zero-order valence-corrected chi connectivity index (χ0v) is 18.0. The first kappa shape index (κ1) is 22.3. The van der Waals surface area contributed by atoms with Crippen LogP contribution in [0.25, 0.3) is 17.6 Å². The quantitative estimate of drug-likeness (QED) is 0.463. The number of aromatic amines is 1. The molecule has 2 N–H and O–H groups in total. The van der Waals surface area contributed by atoms with Crippen LogP contribution in [0, 0.1) is 46.2 Å². The van der Waals surface area contributed by atoms with E-state index >= 15 is 0 Å². The van der Waals surface area contributed by atoms with E-state index in [1.165, 1.54) is 12.2 Å². The molecule has 3 aliphatic rings. The molecule has 0 saturated heterocycles. The van der Waals surface area contributed by atoms with Crippen molar-refractivity contribution in [2.24, 2.45) is 17.8 Å². The van der Waals surface area contributed by atoms with Gasteiger partial charge >= 0.3 is 0 Å². The van der Waals surface area contributed by atoms with E-state index in [-0.39, 0.29) is 46.5 Å². The molecule has 0 aliphatic heterocycles. The second-order valence-electron chi connectivity index (χ2n) is 8.41.